The molecule has 0 heterocycles. The van der Waals surface area contributed by atoms with Gasteiger partial charge in [0.15, 0.2) is 0 Å². The second-order valence-electron chi connectivity index (χ2n) is 8.96. The van der Waals surface area contributed by atoms with Gasteiger partial charge in [0.25, 0.3) is 0 Å². The minimum absolute atomic E-state index is 0.0341. The van der Waals surface area contributed by atoms with E-state index < -0.39 is 12.5 Å². The Hall–Kier alpha value is -3.42. The molecule has 0 saturated heterocycles. The van der Waals surface area contributed by atoms with Gasteiger partial charge < -0.3 is 5.32 Å². The average Bonchev–Trinajstić information content (AvgIpc) is 2.84. The fourth-order valence-corrected chi connectivity index (χ4v) is 7.24. The zero-order chi connectivity index (χ0) is 23.3. The van der Waals surface area contributed by atoms with E-state index in [4.69, 9.17) is 4.74 Å². The summed E-state index contributed by atoms with van der Waals surface area (Å²) in [5, 5.41) is 6.61. The monoisotopic (exact) mass is 452 g/mol. The van der Waals surface area contributed by atoms with Crippen LogP contribution in [-0.2, 0) is 4.79 Å². The van der Waals surface area contributed by atoms with Gasteiger partial charge in [0.2, 0.25) is 5.91 Å². The van der Waals surface area contributed by atoms with Crippen LogP contribution < -0.4 is 21.2 Å². The van der Waals surface area contributed by atoms with Crippen LogP contribution >= 0.6 is 7.05 Å². The van der Waals surface area contributed by atoms with Crippen LogP contribution in [0, 0.1) is 5.41 Å². The molecule has 166 valence electrons. The molecule has 0 aromatic heterocycles. The number of para-hydroxylation sites is 1. The summed E-state index contributed by atoms with van der Waals surface area (Å²) >= 11 is 0. The number of nitrogens with zero attached hydrogens (tertiary/aromatic N) is 1. The summed E-state index contributed by atoms with van der Waals surface area (Å²) in [6, 6.07) is 39.3. The summed E-state index contributed by atoms with van der Waals surface area (Å²) in [6.45, 7) is 5.74. The summed E-state index contributed by atoms with van der Waals surface area (Å²) in [4.78, 5) is 12.8. The topological polar surface area (TPSA) is 41.5 Å². The Bertz CT molecular complexity index is 1170. The molecule has 1 N–H and O–H groups in total. The van der Waals surface area contributed by atoms with Crippen molar-refractivity contribution in [2.24, 2.45) is 10.2 Å². The Kier molecular flexibility index (Phi) is 6.62. The van der Waals surface area contributed by atoms with Gasteiger partial charge in [0, 0.05) is 21.3 Å². The SMILES string of the molecule is CC(C)(C)C(=O)Nc1ccccc1N=P(c1ccccc1)(c1ccccc1)c1ccccc1. The van der Waals surface area contributed by atoms with Crippen LogP contribution in [0.4, 0.5) is 11.4 Å². The van der Waals surface area contributed by atoms with Gasteiger partial charge in [-0.25, -0.2) is 0 Å². The Balaban J connectivity index is 2.05. The van der Waals surface area contributed by atoms with E-state index in [1.165, 1.54) is 15.9 Å². The number of carbonyl (C=O) groups excluding carboxylic acids is 1. The first-order valence-electron chi connectivity index (χ1n) is 11.1. The third-order valence-corrected chi connectivity index (χ3v) is 9.13. The molecular formula is C29H29N2OP. The number of hydrogen-bond donors (Lipinski definition) is 1. The van der Waals surface area contributed by atoms with Crippen molar-refractivity contribution in [3.8, 4) is 0 Å². The van der Waals surface area contributed by atoms with Crippen molar-refractivity contribution in [3.05, 3.63) is 115 Å². The van der Waals surface area contributed by atoms with Crippen molar-refractivity contribution in [3.63, 3.8) is 0 Å². The lowest BCUT2D eigenvalue weighted by Crippen LogP contribution is -2.27. The Labute approximate surface area is 196 Å². The molecule has 0 bridgehead atoms. The predicted molar refractivity (Wildman–Crippen MR) is 142 cm³/mol. The van der Waals surface area contributed by atoms with E-state index in [9.17, 15) is 4.79 Å². The molecule has 4 heteroatoms. The summed E-state index contributed by atoms with van der Waals surface area (Å²) in [6.07, 6.45) is 0. The van der Waals surface area contributed by atoms with Gasteiger partial charge in [-0.2, -0.15) is 0 Å². The summed E-state index contributed by atoms with van der Waals surface area (Å²) in [5.41, 5.74) is 1.00. The number of rotatable bonds is 5. The highest BCUT2D eigenvalue weighted by Crippen LogP contribution is 2.50. The molecule has 0 fully saturated rings. The molecule has 1 amide bonds. The van der Waals surface area contributed by atoms with Crippen LogP contribution in [0.1, 0.15) is 20.8 Å². The highest BCUT2D eigenvalue weighted by Gasteiger charge is 2.28. The first-order valence-corrected chi connectivity index (χ1v) is 12.8. The van der Waals surface area contributed by atoms with E-state index in [-0.39, 0.29) is 5.91 Å². The second-order valence-corrected chi connectivity index (χ2v) is 12.0. The number of anilines is 1. The van der Waals surface area contributed by atoms with E-state index >= 15 is 0 Å². The van der Waals surface area contributed by atoms with Gasteiger partial charge in [0.1, 0.15) is 0 Å². The normalized spacial score (nSPS) is 11.6. The first kappa shape index (κ1) is 22.8. The number of carbonyl (C=O) groups is 1. The number of hydrogen-bond acceptors (Lipinski definition) is 2. The smallest absolute Gasteiger partial charge is 0.229 e. The van der Waals surface area contributed by atoms with E-state index in [1.54, 1.807) is 0 Å². The Morgan fingerprint density at radius 1 is 0.636 bits per heavy atom. The largest absolute Gasteiger partial charge is 0.324 e. The standard InChI is InChI=1S/C29H29N2OP/c1-29(2,3)28(32)30-26-21-13-14-22-27(26)31-33(23-15-7-4-8-16-23,24-17-9-5-10-18-24)25-19-11-6-12-20-25/h4-22H,1-3H3,(H,30,32). The van der Waals surface area contributed by atoms with Gasteiger partial charge in [-0.15, -0.1) is 0 Å². The third kappa shape index (κ3) is 4.84. The maximum Gasteiger partial charge on any atom is 0.229 e. The van der Waals surface area contributed by atoms with Gasteiger partial charge in [-0.05, 0) is 12.1 Å². The molecule has 3 nitrogen and oxygen atoms in total. The van der Waals surface area contributed by atoms with Gasteiger partial charge in [-0.3, -0.25) is 9.54 Å². The molecular weight excluding hydrogens is 423 g/mol. The fraction of sp³-hybridized carbons (Fsp3) is 0.138. The van der Waals surface area contributed by atoms with Crippen molar-refractivity contribution < 1.29 is 4.79 Å². The molecule has 33 heavy (non-hydrogen) atoms. The lowest BCUT2D eigenvalue weighted by molar-refractivity contribution is -0.123. The van der Waals surface area contributed by atoms with Crippen molar-refractivity contribution >= 4 is 40.2 Å². The van der Waals surface area contributed by atoms with E-state index in [0.717, 1.165) is 11.4 Å². The third-order valence-electron chi connectivity index (χ3n) is 5.48. The molecule has 4 aromatic carbocycles. The zero-order valence-electron chi connectivity index (χ0n) is 19.3. The molecule has 4 rings (SSSR count). The van der Waals surface area contributed by atoms with Gasteiger partial charge in [-0.1, -0.05) is 124 Å². The van der Waals surface area contributed by atoms with Crippen molar-refractivity contribution in [2.75, 3.05) is 5.32 Å². The first-order chi connectivity index (χ1) is 15.9. The maximum absolute atomic E-state index is 12.8. The van der Waals surface area contributed by atoms with Crippen LogP contribution in [0.2, 0.25) is 0 Å². The van der Waals surface area contributed by atoms with Crippen LogP contribution in [0.15, 0.2) is 120 Å². The number of amides is 1. The van der Waals surface area contributed by atoms with Crippen LogP contribution in [-0.4, -0.2) is 5.91 Å². The van der Waals surface area contributed by atoms with Crippen LogP contribution in [0.5, 0.6) is 0 Å². The van der Waals surface area contributed by atoms with E-state index in [2.05, 4.69) is 78.1 Å². The quantitative estimate of drug-likeness (QED) is 0.346. The average molecular weight is 453 g/mol. The van der Waals surface area contributed by atoms with Crippen molar-refractivity contribution in [1.29, 1.82) is 0 Å². The minimum Gasteiger partial charge on any atom is -0.324 e. The molecule has 4 aromatic rings. The molecule has 0 aliphatic carbocycles. The van der Waals surface area contributed by atoms with Crippen LogP contribution in [0.25, 0.3) is 0 Å². The molecule has 0 unspecified atom stereocenters. The Morgan fingerprint density at radius 3 is 1.45 bits per heavy atom. The lowest BCUT2D eigenvalue weighted by Gasteiger charge is -2.27. The summed E-state index contributed by atoms with van der Waals surface area (Å²) in [5.74, 6) is -0.0341. The maximum atomic E-state index is 12.8. The highest BCUT2D eigenvalue weighted by atomic mass is 31.2. The number of nitrogens with one attached hydrogen (secondary N) is 1. The summed E-state index contributed by atoms with van der Waals surface area (Å²) < 4.78 is 5.53. The van der Waals surface area contributed by atoms with E-state index in [1.807, 2.05) is 63.2 Å². The van der Waals surface area contributed by atoms with Crippen molar-refractivity contribution in [1.82, 2.24) is 0 Å². The molecule has 0 aliphatic rings. The van der Waals surface area contributed by atoms with Gasteiger partial charge in [0.05, 0.1) is 18.4 Å². The Morgan fingerprint density at radius 2 is 1.03 bits per heavy atom. The second kappa shape index (κ2) is 9.60. The molecule has 0 spiro atoms. The highest BCUT2D eigenvalue weighted by molar-refractivity contribution is 7.87. The van der Waals surface area contributed by atoms with Crippen LogP contribution in [0.3, 0.4) is 0 Å². The van der Waals surface area contributed by atoms with Crippen molar-refractivity contribution in [2.45, 2.75) is 20.8 Å². The lowest BCUT2D eigenvalue weighted by atomic mass is 9.95. The van der Waals surface area contributed by atoms with E-state index in [0.29, 0.717) is 0 Å². The predicted octanol–water partition coefficient (Wildman–Crippen LogP) is 6.48. The van der Waals surface area contributed by atoms with Gasteiger partial charge >= 0.3 is 0 Å². The fourth-order valence-electron chi connectivity index (χ4n) is 3.69. The molecule has 0 aliphatic heterocycles. The summed E-state index contributed by atoms with van der Waals surface area (Å²) in [7, 11) is -2.41. The minimum atomic E-state index is -2.41. The zero-order valence-corrected chi connectivity index (χ0v) is 20.2. The molecule has 0 radical (unpaired) electrons. The molecule has 0 atom stereocenters. The molecule has 0 saturated carbocycles. The number of benzene rings is 4.